The van der Waals surface area contributed by atoms with E-state index in [0.29, 0.717) is 0 Å². The molecule has 0 aliphatic heterocycles. The fourth-order valence-electron chi connectivity index (χ4n) is 4.81. The van der Waals surface area contributed by atoms with Crippen LogP contribution in [0.5, 0.6) is 0 Å². The Morgan fingerprint density at radius 3 is 1.32 bits per heavy atom. The molecule has 3 heteroatoms. The average molecular weight is 497 g/mol. The second-order valence-corrected chi connectivity index (χ2v) is 10.5. The number of nitrogens with zero attached hydrogens (tertiary/aromatic N) is 2. The van der Waals surface area contributed by atoms with Crippen LogP contribution in [-0.4, -0.2) is 9.97 Å². The molecule has 0 atom stereocenters. The van der Waals surface area contributed by atoms with Crippen molar-refractivity contribution in [2.45, 2.75) is 35.5 Å². The minimum atomic E-state index is 1.01. The SMILES string of the molecule is c1ccc(CCc2ccc3c(Sc4ccnc5cc(CCc6ccccc6)ccc45)ccnc3c2)cc1. The molecule has 0 spiro atoms. The van der Waals surface area contributed by atoms with Crippen LogP contribution < -0.4 is 0 Å². The molecule has 37 heavy (non-hydrogen) atoms. The summed E-state index contributed by atoms with van der Waals surface area (Å²) in [7, 11) is 0. The molecule has 4 aromatic carbocycles. The predicted molar refractivity (Wildman–Crippen MR) is 155 cm³/mol. The normalized spacial score (nSPS) is 11.2. The van der Waals surface area contributed by atoms with Crippen molar-refractivity contribution in [3.05, 3.63) is 144 Å². The van der Waals surface area contributed by atoms with E-state index in [1.807, 2.05) is 12.4 Å². The summed E-state index contributed by atoms with van der Waals surface area (Å²) in [6.07, 6.45) is 7.96. The molecule has 0 amide bonds. The zero-order valence-corrected chi connectivity index (χ0v) is 21.5. The summed E-state index contributed by atoms with van der Waals surface area (Å²) in [6, 6.07) is 39.0. The molecule has 6 rings (SSSR count). The van der Waals surface area contributed by atoms with E-state index in [4.69, 9.17) is 9.97 Å². The van der Waals surface area contributed by atoms with Crippen molar-refractivity contribution in [1.29, 1.82) is 0 Å². The van der Waals surface area contributed by atoms with Gasteiger partial charge in [0, 0.05) is 33.0 Å². The molecule has 0 N–H and O–H groups in total. The van der Waals surface area contributed by atoms with Gasteiger partial charge in [-0.1, -0.05) is 96.7 Å². The number of rotatable bonds is 8. The van der Waals surface area contributed by atoms with Crippen molar-refractivity contribution < 1.29 is 0 Å². The molecule has 2 aromatic heterocycles. The Kier molecular flexibility index (Phi) is 6.96. The van der Waals surface area contributed by atoms with Gasteiger partial charge in [0.25, 0.3) is 0 Å². The highest BCUT2D eigenvalue weighted by Crippen LogP contribution is 2.36. The molecular formula is C34H28N2S. The van der Waals surface area contributed by atoms with E-state index < -0.39 is 0 Å². The molecular weight excluding hydrogens is 468 g/mol. The van der Waals surface area contributed by atoms with Gasteiger partial charge in [0.05, 0.1) is 11.0 Å². The Hall–Kier alpha value is -3.95. The maximum atomic E-state index is 4.69. The molecule has 0 bridgehead atoms. The quantitative estimate of drug-likeness (QED) is 0.211. The van der Waals surface area contributed by atoms with E-state index in [-0.39, 0.29) is 0 Å². The number of benzene rings is 4. The maximum Gasteiger partial charge on any atom is 0.0716 e. The smallest absolute Gasteiger partial charge is 0.0716 e. The summed E-state index contributed by atoms with van der Waals surface area (Å²) in [5, 5.41) is 2.39. The highest BCUT2D eigenvalue weighted by molar-refractivity contribution is 7.99. The standard InChI is InChI=1S/C34H28N2S/c1-3-7-25(8-4-1)11-13-27-15-17-29-31(23-27)35-21-19-33(29)37-34-20-22-36-32-24-28(16-18-30(32)34)14-12-26-9-5-2-6-10-26/h1-10,15-24H,11-14H2. The maximum absolute atomic E-state index is 4.69. The summed E-state index contributed by atoms with van der Waals surface area (Å²) in [6.45, 7) is 0. The fraction of sp³-hybridized carbons (Fsp3) is 0.118. The molecule has 2 heterocycles. The van der Waals surface area contributed by atoms with Crippen LogP contribution in [0.25, 0.3) is 21.8 Å². The van der Waals surface area contributed by atoms with Gasteiger partial charge in [-0.05, 0) is 72.2 Å². The minimum absolute atomic E-state index is 1.01. The molecule has 0 aliphatic carbocycles. The molecule has 0 aliphatic rings. The third kappa shape index (κ3) is 5.58. The molecule has 0 saturated carbocycles. The van der Waals surface area contributed by atoms with E-state index in [9.17, 15) is 0 Å². The lowest BCUT2D eigenvalue weighted by Gasteiger charge is -2.11. The average Bonchev–Trinajstić information content (AvgIpc) is 2.96. The summed E-state index contributed by atoms with van der Waals surface area (Å²) in [5.41, 5.74) is 7.49. The Bertz CT molecular complexity index is 1520. The van der Waals surface area contributed by atoms with Gasteiger partial charge in [0.15, 0.2) is 0 Å². The molecule has 0 saturated heterocycles. The second-order valence-electron chi connectivity index (χ2n) is 9.39. The highest BCUT2D eigenvalue weighted by Gasteiger charge is 2.09. The first-order chi connectivity index (χ1) is 18.3. The van der Waals surface area contributed by atoms with Crippen molar-refractivity contribution in [3.63, 3.8) is 0 Å². The Balaban J connectivity index is 1.22. The molecule has 2 nitrogen and oxygen atoms in total. The van der Waals surface area contributed by atoms with Crippen LogP contribution in [0.1, 0.15) is 22.3 Å². The van der Waals surface area contributed by atoms with Gasteiger partial charge in [-0.15, -0.1) is 0 Å². The van der Waals surface area contributed by atoms with Gasteiger partial charge in [0.1, 0.15) is 0 Å². The summed E-state index contributed by atoms with van der Waals surface area (Å²) >= 11 is 1.80. The fourth-order valence-corrected chi connectivity index (χ4v) is 5.87. The number of hydrogen-bond donors (Lipinski definition) is 0. The lowest BCUT2D eigenvalue weighted by atomic mass is 10.0. The largest absolute Gasteiger partial charge is 0.256 e. The van der Waals surface area contributed by atoms with Gasteiger partial charge in [-0.25, -0.2) is 0 Å². The molecule has 6 aromatic rings. The zero-order chi connectivity index (χ0) is 24.9. The van der Waals surface area contributed by atoms with Crippen molar-refractivity contribution in [2.75, 3.05) is 0 Å². The number of fused-ring (bicyclic) bond motifs is 2. The highest BCUT2D eigenvalue weighted by atomic mass is 32.2. The second kappa shape index (κ2) is 11.0. The van der Waals surface area contributed by atoms with E-state index in [2.05, 4.69) is 109 Å². The number of aryl methyl sites for hydroxylation is 4. The first-order valence-electron chi connectivity index (χ1n) is 12.8. The lowest BCUT2D eigenvalue weighted by Crippen LogP contribution is -1.93. The van der Waals surface area contributed by atoms with E-state index in [0.717, 1.165) is 36.7 Å². The van der Waals surface area contributed by atoms with Crippen LogP contribution >= 0.6 is 11.8 Å². The number of pyridine rings is 2. The van der Waals surface area contributed by atoms with Crippen molar-refractivity contribution in [1.82, 2.24) is 9.97 Å². The topological polar surface area (TPSA) is 25.8 Å². The van der Waals surface area contributed by atoms with Gasteiger partial charge < -0.3 is 0 Å². The van der Waals surface area contributed by atoms with Crippen LogP contribution in [0.3, 0.4) is 0 Å². The first-order valence-corrected chi connectivity index (χ1v) is 13.6. The summed E-state index contributed by atoms with van der Waals surface area (Å²) in [5.74, 6) is 0. The minimum Gasteiger partial charge on any atom is -0.256 e. The Labute approximate surface area is 222 Å². The molecule has 0 fully saturated rings. The zero-order valence-electron chi connectivity index (χ0n) is 20.7. The Morgan fingerprint density at radius 2 is 0.865 bits per heavy atom. The van der Waals surface area contributed by atoms with Crippen LogP contribution in [-0.2, 0) is 25.7 Å². The van der Waals surface area contributed by atoms with Crippen LogP contribution in [0.15, 0.2) is 131 Å². The van der Waals surface area contributed by atoms with Gasteiger partial charge in [-0.2, -0.15) is 0 Å². The van der Waals surface area contributed by atoms with Crippen molar-refractivity contribution >= 4 is 33.6 Å². The van der Waals surface area contributed by atoms with Gasteiger partial charge in [-0.3, -0.25) is 9.97 Å². The molecule has 180 valence electrons. The third-order valence-corrected chi connectivity index (χ3v) is 8.00. The van der Waals surface area contributed by atoms with Gasteiger partial charge >= 0.3 is 0 Å². The molecule has 0 unspecified atom stereocenters. The summed E-state index contributed by atoms with van der Waals surface area (Å²) < 4.78 is 0. The number of aromatic nitrogens is 2. The monoisotopic (exact) mass is 496 g/mol. The molecule has 0 radical (unpaired) electrons. The van der Waals surface area contributed by atoms with Crippen LogP contribution in [0.2, 0.25) is 0 Å². The van der Waals surface area contributed by atoms with Crippen LogP contribution in [0, 0.1) is 0 Å². The first kappa shape index (κ1) is 23.4. The lowest BCUT2D eigenvalue weighted by molar-refractivity contribution is 0.961. The van der Waals surface area contributed by atoms with Crippen LogP contribution in [0.4, 0.5) is 0 Å². The van der Waals surface area contributed by atoms with E-state index in [1.165, 1.54) is 42.8 Å². The van der Waals surface area contributed by atoms with Crippen molar-refractivity contribution in [2.24, 2.45) is 0 Å². The summed E-state index contributed by atoms with van der Waals surface area (Å²) in [4.78, 5) is 11.8. The predicted octanol–water partition coefficient (Wildman–Crippen LogP) is 8.50. The number of hydrogen-bond acceptors (Lipinski definition) is 3. The Morgan fingerprint density at radius 1 is 0.432 bits per heavy atom. The van der Waals surface area contributed by atoms with E-state index in [1.54, 1.807) is 11.8 Å². The van der Waals surface area contributed by atoms with E-state index >= 15 is 0 Å². The van der Waals surface area contributed by atoms with Gasteiger partial charge in [0.2, 0.25) is 0 Å². The third-order valence-electron chi connectivity index (χ3n) is 6.84. The van der Waals surface area contributed by atoms with Crippen molar-refractivity contribution in [3.8, 4) is 0 Å².